The van der Waals surface area contributed by atoms with Crippen LogP contribution in [0.1, 0.15) is 43.4 Å². The summed E-state index contributed by atoms with van der Waals surface area (Å²) in [4.78, 5) is 4.68. The fraction of sp³-hybridized carbons (Fsp3) is 0.278. The Morgan fingerprint density at radius 3 is 2.45 bits per heavy atom. The van der Waals surface area contributed by atoms with Gasteiger partial charge in [0.15, 0.2) is 0 Å². The fourth-order valence-electron chi connectivity index (χ4n) is 2.17. The number of unbranched alkanes of at least 4 members (excludes halogenated alkanes) is 1. The van der Waals surface area contributed by atoms with Crippen LogP contribution >= 0.6 is 0 Å². The number of nitrogens with zero attached hydrogens (tertiary/aromatic N) is 1. The molecular formula is C18H21NO. The lowest BCUT2D eigenvalue weighted by molar-refractivity contribution is 0.474. The van der Waals surface area contributed by atoms with Crippen molar-refractivity contribution < 1.29 is 5.11 Å². The van der Waals surface area contributed by atoms with Gasteiger partial charge in [-0.25, -0.2) is 0 Å². The molecule has 0 amide bonds. The fourth-order valence-corrected chi connectivity index (χ4v) is 2.17. The number of hydrogen-bond acceptors (Lipinski definition) is 2. The largest absolute Gasteiger partial charge is 0.507 e. The Kier molecular flexibility index (Phi) is 5.36. The number of para-hydroxylation sites is 1. The van der Waals surface area contributed by atoms with Gasteiger partial charge in [0.05, 0.1) is 6.04 Å². The van der Waals surface area contributed by atoms with Crippen LogP contribution in [0.15, 0.2) is 59.6 Å². The van der Waals surface area contributed by atoms with Crippen molar-refractivity contribution in [3.63, 3.8) is 0 Å². The van der Waals surface area contributed by atoms with Crippen molar-refractivity contribution in [2.45, 2.75) is 32.2 Å². The highest BCUT2D eigenvalue weighted by atomic mass is 16.3. The first-order valence-corrected chi connectivity index (χ1v) is 7.17. The van der Waals surface area contributed by atoms with Crippen molar-refractivity contribution in [2.24, 2.45) is 4.99 Å². The van der Waals surface area contributed by atoms with E-state index in [9.17, 15) is 5.11 Å². The monoisotopic (exact) mass is 267 g/mol. The summed E-state index contributed by atoms with van der Waals surface area (Å²) in [6, 6.07) is 17.8. The van der Waals surface area contributed by atoms with Gasteiger partial charge in [0.1, 0.15) is 5.75 Å². The van der Waals surface area contributed by atoms with Crippen LogP contribution < -0.4 is 0 Å². The normalized spacial score (nSPS) is 12.7. The van der Waals surface area contributed by atoms with Crippen LogP contribution in [0.25, 0.3) is 0 Å². The highest BCUT2D eigenvalue weighted by Crippen LogP contribution is 2.24. The second-order valence-electron chi connectivity index (χ2n) is 4.91. The van der Waals surface area contributed by atoms with Crippen LogP contribution in [0.4, 0.5) is 0 Å². The van der Waals surface area contributed by atoms with E-state index in [1.165, 1.54) is 5.56 Å². The molecule has 0 heterocycles. The Morgan fingerprint density at radius 2 is 1.75 bits per heavy atom. The van der Waals surface area contributed by atoms with Crippen LogP contribution in [-0.4, -0.2) is 11.3 Å². The summed E-state index contributed by atoms with van der Waals surface area (Å²) >= 11 is 0. The summed E-state index contributed by atoms with van der Waals surface area (Å²) < 4.78 is 0. The minimum absolute atomic E-state index is 0.163. The second kappa shape index (κ2) is 7.49. The molecule has 2 aromatic rings. The lowest BCUT2D eigenvalue weighted by Crippen LogP contribution is -1.97. The van der Waals surface area contributed by atoms with Crippen LogP contribution in [0.5, 0.6) is 5.75 Å². The van der Waals surface area contributed by atoms with Gasteiger partial charge < -0.3 is 5.11 Å². The standard InChI is InChI=1S/C18H21NO/c1-2-3-12-17(15-9-5-4-6-10-15)19-14-16-11-7-8-13-18(16)20/h4-11,13-14,17,20H,2-3,12H2,1H3. The van der Waals surface area contributed by atoms with Gasteiger partial charge in [-0.2, -0.15) is 0 Å². The zero-order valence-corrected chi connectivity index (χ0v) is 11.9. The van der Waals surface area contributed by atoms with Crippen LogP contribution in [0.2, 0.25) is 0 Å². The molecule has 20 heavy (non-hydrogen) atoms. The third kappa shape index (κ3) is 3.95. The molecular weight excluding hydrogens is 246 g/mol. The molecule has 0 aliphatic carbocycles. The number of aromatic hydroxyl groups is 1. The highest BCUT2D eigenvalue weighted by Gasteiger charge is 2.08. The van der Waals surface area contributed by atoms with Crippen molar-refractivity contribution in [3.05, 3.63) is 65.7 Å². The number of hydrogen-bond donors (Lipinski definition) is 1. The van der Waals surface area contributed by atoms with E-state index in [-0.39, 0.29) is 11.8 Å². The van der Waals surface area contributed by atoms with E-state index in [0.717, 1.165) is 24.8 Å². The lowest BCUT2D eigenvalue weighted by atomic mass is 10.0. The molecule has 0 radical (unpaired) electrons. The predicted molar refractivity (Wildman–Crippen MR) is 84.4 cm³/mol. The maximum atomic E-state index is 9.78. The lowest BCUT2D eigenvalue weighted by Gasteiger charge is -2.12. The Balaban J connectivity index is 2.18. The van der Waals surface area contributed by atoms with E-state index < -0.39 is 0 Å². The summed E-state index contributed by atoms with van der Waals surface area (Å²) in [7, 11) is 0. The molecule has 1 atom stereocenters. The van der Waals surface area contributed by atoms with Crippen molar-refractivity contribution >= 4 is 6.21 Å². The van der Waals surface area contributed by atoms with Crippen LogP contribution in [0.3, 0.4) is 0 Å². The van der Waals surface area contributed by atoms with Crippen molar-refractivity contribution in [1.29, 1.82) is 0 Å². The molecule has 1 N–H and O–H groups in total. The molecule has 0 aliphatic heterocycles. The van der Waals surface area contributed by atoms with E-state index in [1.54, 1.807) is 12.3 Å². The molecule has 2 aromatic carbocycles. The smallest absolute Gasteiger partial charge is 0.124 e. The summed E-state index contributed by atoms with van der Waals surface area (Å²) in [5.41, 5.74) is 2.00. The maximum Gasteiger partial charge on any atom is 0.124 e. The van der Waals surface area contributed by atoms with E-state index in [2.05, 4.69) is 24.0 Å². The molecule has 2 heteroatoms. The Hall–Kier alpha value is -2.09. The third-order valence-corrected chi connectivity index (χ3v) is 3.35. The molecule has 0 fully saturated rings. The molecule has 2 nitrogen and oxygen atoms in total. The van der Waals surface area contributed by atoms with Gasteiger partial charge in [0.2, 0.25) is 0 Å². The van der Waals surface area contributed by atoms with Crippen molar-refractivity contribution in [2.75, 3.05) is 0 Å². The maximum absolute atomic E-state index is 9.78. The first kappa shape index (κ1) is 14.3. The van der Waals surface area contributed by atoms with Gasteiger partial charge >= 0.3 is 0 Å². The molecule has 0 saturated carbocycles. The Bertz CT molecular complexity index is 548. The number of phenolic OH excluding ortho intramolecular Hbond substituents is 1. The van der Waals surface area contributed by atoms with Gasteiger partial charge in [-0.3, -0.25) is 4.99 Å². The number of aliphatic imine (C=N–C) groups is 1. The SMILES string of the molecule is CCCCC(N=Cc1ccccc1O)c1ccccc1. The minimum Gasteiger partial charge on any atom is -0.507 e. The Morgan fingerprint density at radius 1 is 1.05 bits per heavy atom. The highest BCUT2D eigenvalue weighted by molar-refractivity contribution is 5.83. The minimum atomic E-state index is 0.163. The van der Waals surface area contributed by atoms with Gasteiger partial charge in [0.25, 0.3) is 0 Å². The van der Waals surface area contributed by atoms with Crippen LogP contribution in [-0.2, 0) is 0 Å². The van der Waals surface area contributed by atoms with E-state index in [4.69, 9.17) is 0 Å². The van der Waals surface area contributed by atoms with Crippen molar-refractivity contribution in [1.82, 2.24) is 0 Å². The second-order valence-corrected chi connectivity index (χ2v) is 4.91. The molecule has 0 bridgehead atoms. The summed E-state index contributed by atoms with van der Waals surface area (Å²) in [6.07, 6.45) is 5.13. The van der Waals surface area contributed by atoms with Crippen LogP contribution in [0, 0.1) is 0 Å². The summed E-state index contributed by atoms with van der Waals surface area (Å²) in [5, 5.41) is 9.78. The zero-order chi connectivity index (χ0) is 14.2. The average Bonchev–Trinajstić information content (AvgIpc) is 2.50. The van der Waals surface area contributed by atoms with Gasteiger partial charge in [-0.1, -0.05) is 62.2 Å². The molecule has 0 aliphatic rings. The molecule has 0 spiro atoms. The zero-order valence-electron chi connectivity index (χ0n) is 11.9. The Labute approximate surface area is 120 Å². The third-order valence-electron chi connectivity index (χ3n) is 3.35. The van der Waals surface area contributed by atoms with Gasteiger partial charge in [0, 0.05) is 11.8 Å². The number of phenols is 1. The quantitative estimate of drug-likeness (QED) is 0.753. The molecule has 1 unspecified atom stereocenters. The number of benzene rings is 2. The first-order chi connectivity index (χ1) is 9.81. The first-order valence-electron chi connectivity index (χ1n) is 7.17. The predicted octanol–water partition coefficient (Wildman–Crippen LogP) is 4.74. The van der Waals surface area contributed by atoms with Crippen molar-refractivity contribution in [3.8, 4) is 5.75 Å². The van der Waals surface area contributed by atoms with E-state index >= 15 is 0 Å². The number of rotatable bonds is 6. The summed E-state index contributed by atoms with van der Waals surface area (Å²) in [6.45, 7) is 2.19. The molecule has 104 valence electrons. The van der Waals surface area contributed by atoms with Gasteiger partial charge in [-0.15, -0.1) is 0 Å². The topological polar surface area (TPSA) is 32.6 Å². The molecule has 0 saturated heterocycles. The molecule has 2 rings (SSSR count). The van der Waals surface area contributed by atoms with E-state index in [0.29, 0.717) is 0 Å². The van der Waals surface area contributed by atoms with E-state index in [1.807, 2.05) is 36.4 Å². The molecule has 0 aromatic heterocycles. The summed E-state index contributed by atoms with van der Waals surface area (Å²) in [5.74, 6) is 0.276. The van der Waals surface area contributed by atoms with Gasteiger partial charge in [-0.05, 0) is 24.1 Å². The average molecular weight is 267 g/mol.